The van der Waals surface area contributed by atoms with Gasteiger partial charge in [0.15, 0.2) is 5.88 Å². The Bertz CT molecular complexity index is 184. The van der Waals surface area contributed by atoms with E-state index in [0.717, 1.165) is 0 Å². The monoisotopic (exact) mass is 186 g/mol. The molecule has 0 saturated heterocycles. The van der Waals surface area contributed by atoms with Gasteiger partial charge >= 0.3 is 0 Å². The van der Waals surface area contributed by atoms with Crippen molar-refractivity contribution >= 4 is 0 Å². The zero-order chi connectivity index (χ0) is 10.1. The molecule has 0 aromatic carbocycles. The zero-order valence-electron chi connectivity index (χ0n) is 8.25. The molecule has 0 aromatic heterocycles. The van der Waals surface area contributed by atoms with Crippen molar-refractivity contribution in [1.29, 1.82) is 0 Å². The van der Waals surface area contributed by atoms with Gasteiger partial charge < -0.3 is 20.9 Å². The number of nitrogens with two attached hydrogens (primary N) is 2. The number of rotatable bonds is 6. The maximum atomic E-state index is 5.49. The van der Waals surface area contributed by atoms with Crippen LogP contribution in [0.2, 0.25) is 0 Å². The van der Waals surface area contributed by atoms with Crippen LogP contribution in [-0.4, -0.2) is 19.8 Å². The highest BCUT2D eigenvalue weighted by molar-refractivity contribution is 5.09. The van der Waals surface area contributed by atoms with Gasteiger partial charge in [-0.2, -0.15) is 0 Å². The van der Waals surface area contributed by atoms with Crippen molar-refractivity contribution in [2.45, 2.75) is 13.8 Å². The third kappa shape index (κ3) is 8.75. The molecule has 0 aromatic rings. The maximum absolute atomic E-state index is 5.49. The summed E-state index contributed by atoms with van der Waals surface area (Å²) in [6.45, 7) is 5.42. The second-order valence-electron chi connectivity index (χ2n) is 2.53. The van der Waals surface area contributed by atoms with Gasteiger partial charge in [0.2, 0.25) is 0 Å². The summed E-state index contributed by atoms with van der Waals surface area (Å²) in [5.74, 6) is 0.351. The zero-order valence-corrected chi connectivity index (χ0v) is 8.25. The summed E-state index contributed by atoms with van der Waals surface area (Å²) in [6.07, 6.45) is 3.32. The second-order valence-corrected chi connectivity index (χ2v) is 2.53. The van der Waals surface area contributed by atoms with Gasteiger partial charge in [-0.25, -0.2) is 0 Å². The Balaban J connectivity index is 3.55. The average Bonchev–Trinajstić information content (AvgIpc) is 2.09. The van der Waals surface area contributed by atoms with E-state index >= 15 is 0 Å². The first-order chi connectivity index (χ1) is 6.16. The molecule has 0 bridgehead atoms. The summed E-state index contributed by atoms with van der Waals surface area (Å²) in [5.41, 5.74) is 11.6. The van der Waals surface area contributed by atoms with Crippen molar-refractivity contribution in [2.24, 2.45) is 11.5 Å². The topological polar surface area (TPSA) is 70.5 Å². The van der Waals surface area contributed by atoms with E-state index in [1.54, 1.807) is 19.1 Å². The maximum Gasteiger partial charge on any atom is 0.184 e. The van der Waals surface area contributed by atoms with E-state index in [-0.39, 0.29) is 0 Å². The van der Waals surface area contributed by atoms with E-state index in [1.807, 2.05) is 6.92 Å². The minimum absolute atomic E-state index is 0.351. The number of hydrogen-bond acceptors (Lipinski definition) is 4. The van der Waals surface area contributed by atoms with Crippen LogP contribution in [-0.2, 0) is 9.47 Å². The fourth-order valence-electron chi connectivity index (χ4n) is 0.624. The lowest BCUT2D eigenvalue weighted by Gasteiger charge is -2.04. The normalized spacial score (nSPS) is 13.1. The Labute approximate surface area is 79.2 Å². The van der Waals surface area contributed by atoms with Gasteiger partial charge in [-0.05, 0) is 26.0 Å². The van der Waals surface area contributed by atoms with E-state index in [9.17, 15) is 0 Å². The van der Waals surface area contributed by atoms with Gasteiger partial charge in [0.05, 0.1) is 6.61 Å². The Kier molecular flexibility index (Phi) is 6.82. The van der Waals surface area contributed by atoms with Gasteiger partial charge in [-0.1, -0.05) is 0 Å². The molecule has 0 radical (unpaired) electrons. The Morgan fingerprint density at radius 3 is 2.46 bits per heavy atom. The Morgan fingerprint density at radius 1 is 1.23 bits per heavy atom. The van der Waals surface area contributed by atoms with Crippen LogP contribution in [0.25, 0.3) is 0 Å². The summed E-state index contributed by atoms with van der Waals surface area (Å²) in [6, 6.07) is 0. The lowest BCUT2D eigenvalue weighted by Crippen LogP contribution is -2.08. The molecule has 4 N–H and O–H groups in total. The van der Waals surface area contributed by atoms with E-state index in [1.165, 1.54) is 0 Å². The second kappa shape index (κ2) is 7.49. The predicted octanol–water partition coefficient (Wildman–Crippen LogP) is 0.702. The smallest absolute Gasteiger partial charge is 0.184 e. The molecule has 0 aliphatic rings. The predicted molar refractivity (Wildman–Crippen MR) is 52.7 cm³/mol. The largest absolute Gasteiger partial charge is 0.477 e. The van der Waals surface area contributed by atoms with Crippen molar-refractivity contribution < 1.29 is 9.47 Å². The standard InChI is InChI=1S/C9H18N2O2/c1-3-12-6-7-13-9(11)5-4-8(2)10/h4-5H,3,6-7,10-11H2,1-2H3/b8-4-,9-5+. The molecule has 0 spiro atoms. The first-order valence-corrected chi connectivity index (χ1v) is 4.27. The molecule has 0 saturated carbocycles. The lowest BCUT2D eigenvalue weighted by atomic mass is 10.4. The number of ether oxygens (including phenoxy) is 2. The minimum Gasteiger partial charge on any atom is -0.477 e. The van der Waals surface area contributed by atoms with E-state index < -0.39 is 0 Å². The lowest BCUT2D eigenvalue weighted by molar-refractivity contribution is 0.0823. The molecule has 0 amide bonds. The SMILES string of the molecule is CCOCCO/C(N)=C/C=C(/C)N. The number of allylic oxidation sites excluding steroid dienone is 3. The van der Waals surface area contributed by atoms with E-state index in [0.29, 0.717) is 31.4 Å². The molecule has 0 unspecified atom stereocenters. The van der Waals surface area contributed by atoms with Crippen molar-refractivity contribution in [3.63, 3.8) is 0 Å². The van der Waals surface area contributed by atoms with Gasteiger partial charge in [-0.15, -0.1) is 0 Å². The quantitative estimate of drug-likeness (QED) is 0.364. The molecule has 13 heavy (non-hydrogen) atoms. The fraction of sp³-hybridized carbons (Fsp3) is 0.556. The van der Waals surface area contributed by atoms with Crippen LogP contribution in [0.3, 0.4) is 0 Å². The molecule has 4 nitrogen and oxygen atoms in total. The summed E-state index contributed by atoms with van der Waals surface area (Å²) in [7, 11) is 0. The van der Waals surface area contributed by atoms with Gasteiger partial charge in [-0.3, -0.25) is 0 Å². The minimum atomic E-state index is 0.351. The molecule has 0 heterocycles. The van der Waals surface area contributed by atoms with Gasteiger partial charge in [0.25, 0.3) is 0 Å². The summed E-state index contributed by atoms with van der Waals surface area (Å²) in [4.78, 5) is 0. The molecule has 4 heteroatoms. The average molecular weight is 186 g/mol. The molecular weight excluding hydrogens is 168 g/mol. The van der Waals surface area contributed by atoms with E-state index in [2.05, 4.69) is 0 Å². The van der Waals surface area contributed by atoms with Crippen LogP contribution in [0.4, 0.5) is 0 Å². The summed E-state index contributed by atoms with van der Waals surface area (Å²) >= 11 is 0. The third-order valence-electron chi connectivity index (χ3n) is 1.21. The van der Waals surface area contributed by atoms with Crippen molar-refractivity contribution in [2.75, 3.05) is 19.8 Å². The summed E-state index contributed by atoms with van der Waals surface area (Å²) in [5, 5.41) is 0. The van der Waals surface area contributed by atoms with Crippen LogP contribution < -0.4 is 11.5 Å². The molecule has 76 valence electrons. The van der Waals surface area contributed by atoms with Crippen LogP contribution in [0.5, 0.6) is 0 Å². The first kappa shape index (κ1) is 11.8. The van der Waals surface area contributed by atoms with Crippen molar-refractivity contribution in [1.82, 2.24) is 0 Å². The third-order valence-corrected chi connectivity index (χ3v) is 1.21. The highest BCUT2D eigenvalue weighted by atomic mass is 16.5. The molecule has 0 atom stereocenters. The van der Waals surface area contributed by atoms with Crippen LogP contribution in [0.15, 0.2) is 23.7 Å². The van der Waals surface area contributed by atoms with Gasteiger partial charge in [0, 0.05) is 12.3 Å². The molecular formula is C9H18N2O2. The van der Waals surface area contributed by atoms with Gasteiger partial charge in [0.1, 0.15) is 6.61 Å². The summed E-state index contributed by atoms with van der Waals surface area (Å²) < 4.78 is 10.2. The highest BCUT2D eigenvalue weighted by Crippen LogP contribution is 1.90. The van der Waals surface area contributed by atoms with Crippen LogP contribution >= 0.6 is 0 Å². The Morgan fingerprint density at radius 2 is 1.92 bits per heavy atom. The van der Waals surface area contributed by atoms with Crippen molar-refractivity contribution in [3.05, 3.63) is 23.7 Å². The van der Waals surface area contributed by atoms with E-state index in [4.69, 9.17) is 20.9 Å². The number of hydrogen-bond donors (Lipinski definition) is 2. The highest BCUT2D eigenvalue weighted by Gasteiger charge is 1.89. The molecule has 0 aliphatic carbocycles. The first-order valence-electron chi connectivity index (χ1n) is 4.27. The fourth-order valence-corrected chi connectivity index (χ4v) is 0.624. The molecule has 0 rings (SSSR count). The van der Waals surface area contributed by atoms with Crippen LogP contribution in [0, 0.1) is 0 Å². The Hall–Kier alpha value is -1.16. The van der Waals surface area contributed by atoms with Crippen molar-refractivity contribution in [3.8, 4) is 0 Å². The molecule has 0 fully saturated rings. The van der Waals surface area contributed by atoms with Crippen LogP contribution in [0.1, 0.15) is 13.8 Å². The molecule has 0 aliphatic heterocycles.